The molecule has 172 valence electrons. The largest absolute Gasteiger partial charge is 0.465 e. The molecular weight excluding hydrogens is 458 g/mol. The number of sulfonamides is 1. The van der Waals surface area contributed by atoms with Gasteiger partial charge in [0.1, 0.15) is 6.04 Å². The van der Waals surface area contributed by atoms with Crippen molar-refractivity contribution in [3.63, 3.8) is 0 Å². The van der Waals surface area contributed by atoms with Crippen molar-refractivity contribution in [1.29, 1.82) is 0 Å². The molecule has 0 unspecified atom stereocenters. The highest BCUT2D eigenvalue weighted by atomic mass is 35.5. The molecular formula is C21H24ClN3O6S. The van der Waals surface area contributed by atoms with Gasteiger partial charge in [0.15, 0.2) is 0 Å². The molecule has 2 N–H and O–H groups in total. The summed E-state index contributed by atoms with van der Waals surface area (Å²) in [6, 6.07) is 12.2. The zero-order chi connectivity index (χ0) is 23.3. The SMILES string of the molecule is CCOC(=O)CN1CCN(S(=O)(=O)c2ccc(-c3ccc(Cl)cc3)cc2)[C@@H](C(=O)NO)C1. The molecule has 0 aromatic heterocycles. The Morgan fingerprint density at radius 3 is 2.25 bits per heavy atom. The van der Waals surface area contributed by atoms with E-state index < -0.39 is 27.9 Å². The van der Waals surface area contributed by atoms with Gasteiger partial charge in [-0.1, -0.05) is 35.9 Å². The highest BCUT2D eigenvalue weighted by molar-refractivity contribution is 7.89. The highest BCUT2D eigenvalue weighted by Gasteiger charge is 2.40. The number of carbonyl (C=O) groups excluding carboxylic acids is 2. The van der Waals surface area contributed by atoms with Crippen molar-refractivity contribution < 1.29 is 28.0 Å². The minimum atomic E-state index is -4.04. The molecule has 1 aliphatic rings. The van der Waals surface area contributed by atoms with Gasteiger partial charge in [-0.25, -0.2) is 13.9 Å². The summed E-state index contributed by atoms with van der Waals surface area (Å²) < 4.78 is 32.5. The second-order valence-corrected chi connectivity index (χ2v) is 9.51. The minimum Gasteiger partial charge on any atom is -0.465 e. The molecule has 0 bridgehead atoms. The maximum atomic E-state index is 13.3. The van der Waals surface area contributed by atoms with E-state index >= 15 is 0 Å². The number of benzene rings is 2. The lowest BCUT2D eigenvalue weighted by atomic mass is 10.1. The van der Waals surface area contributed by atoms with Crippen LogP contribution in [0.3, 0.4) is 0 Å². The molecule has 1 saturated heterocycles. The number of piperazine rings is 1. The summed E-state index contributed by atoms with van der Waals surface area (Å²) in [6.45, 7) is 1.97. The number of hydrogen-bond donors (Lipinski definition) is 2. The molecule has 1 fully saturated rings. The zero-order valence-electron chi connectivity index (χ0n) is 17.4. The van der Waals surface area contributed by atoms with Crippen LogP contribution < -0.4 is 5.48 Å². The molecule has 1 heterocycles. The lowest BCUT2D eigenvalue weighted by Crippen LogP contribution is -2.60. The third-order valence-corrected chi connectivity index (χ3v) is 7.30. The molecule has 32 heavy (non-hydrogen) atoms. The Balaban J connectivity index is 1.81. The fourth-order valence-corrected chi connectivity index (χ4v) is 5.22. The maximum Gasteiger partial charge on any atom is 0.320 e. The molecule has 11 heteroatoms. The third kappa shape index (κ3) is 5.45. The van der Waals surface area contributed by atoms with Crippen molar-refractivity contribution in [2.75, 3.05) is 32.8 Å². The van der Waals surface area contributed by atoms with Gasteiger partial charge in [-0.3, -0.25) is 19.7 Å². The summed E-state index contributed by atoms with van der Waals surface area (Å²) in [4.78, 5) is 25.7. The van der Waals surface area contributed by atoms with Crippen LogP contribution in [0.5, 0.6) is 0 Å². The Kier molecular flexibility index (Phi) is 7.86. The normalized spacial score (nSPS) is 17.7. The van der Waals surface area contributed by atoms with Crippen molar-refractivity contribution in [3.05, 3.63) is 53.6 Å². The van der Waals surface area contributed by atoms with Gasteiger partial charge < -0.3 is 4.74 Å². The van der Waals surface area contributed by atoms with Gasteiger partial charge in [0, 0.05) is 24.7 Å². The number of hydrogen-bond acceptors (Lipinski definition) is 7. The highest BCUT2D eigenvalue weighted by Crippen LogP contribution is 2.26. The molecule has 2 aromatic rings. The van der Waals surface area contributed by atoms with Gasteiger partial charge >= 0.3 is 5.97 Å². The summed E-state index contributed by atoms with van der Waals surface area (Å²) in [5, 5.41) is 9.74. The van der Waals surface area contributed by atoms with Crippen LogP contribution in [0.2, 0.25) is 5.02 Å². The van der Waals surface area contributed by atoms with E-state index in [0.717, 1.165) is 15.4 Å². The number of esters is 1. The van der Waals surface area contributed by atoms with Crippen molar-refractivity contribution in [2.45, 2.75) is 17.9 Å². The molecule has 0 saturated carbocycles. The van der Waals surface area contributed by atoms with Crippen LogP contribution in [0.1, 0.15) is 6.92 Å². The van der Waals surface area contributed by atoms with E-state index in [1.165, 1.54) is 17.6 Å². The number of nitrogens with one attached hydrogen (secondary N) is 1. The van der Waals surface area contributed by atoms with E-state index in [1.54, 1.807) is 36.1 Å². The van der Waals surface area contributed by atoms with E-state index in [2.05, 4.69) is 0 Å². The Hall–Kier alpha value is -2.50. The summed E-state index contributed by atoms with van der Waals surface area (Å²) in [5.74, 6) is -1.34. The summed E-state index contributed by atoms with van der Waals surface area (Å²) in [7, 11) is -4.04. The fraction of sp³-hybridized carbons (Fsp3) is 0.333. The Morgan fingerprint density at radius 1 is 1.09 bits per heavy atom. The van der Waals surface area contributed by atoms with Crippen molar-refractivity contribution >= 4 is 33.5 Å². The van der Waals surface area contributed by atoms with Crippen molar-refractivity contribution in [3.8, 4) is 11.1 Å². The maximum absolute atomic E-state index is 13.3. The topological polar surface area (TPSA) is 116 Å². The number of hydroxylamine groups is 1. The van der Waals surface area contributed by atoms with Crippen LogP contribution in [0.15, 0.2) is 53.4 Å². The smallest absolute Gasteiger partial charge is 0.320 e. The lowest BCUT2D eigenvalue weighted by molar-refractivity contribution is -0.146. The van der Waals surface area contributed by atoms with Gasteiger partial charge in [0.25, 0.3) is 5.91 Å². The van der Waals surface area contributed by atoms with E-state index in [0.29, 0.717) is 5.02 Å². The van der Waals surface area contributed by atoms with Crippen LogP contribution in [0, 0.1) is 0 Å². The number of halogens is 1. The van der Waals surface area contributed by atoms with Gasteiger partial charge in [-0.15, -0.1) is 0 Å². The van der Waals surface area contributed by atoms with E-state index in [1.807, 2.05) is 12.1 Å². The minimum absolute atomic E-state index is 0.0183. The Labute approximate surface area is 191 Å². The van der Waals surface area contributed by atoms with Gasteiger partial charge in [-0.05, 0) is 42.3 Å². The van der Waals surface area contributed by atoms with Crippen LogP contribution in [0.25, 0.3) is 11.1 Å². The molecule has 2 aromatic carbocycles. The van der Waals surface area contributed by atoms with E-state index in [-0.39, 0.29) is 37.7 Å². The first kappa shape index (κ1) is 24.1. The van der Waals surface area contributed by atoms with Crippen LogP contribution in [-0.4, -0.2) is 73.5 Å². The lowest BCUT2D eigenvalue weighted by Gasteiger charge is -2.38. The third-order valence-electron chi connectivity index (χ3n) is 5.12. The Morgan fingerprint density at radius 2 is 1.69 bits per heavy atom. The van der Waals surface area contributed by atoms with E-state index in [4.69, 9.17) is 21.5 Å². The second kappa shape index (κ2) is 10.4. The number of carbonyl (C=O) groups is 2. The molecule has 1 atom stereocenters. The van der Waals surface area contributed by atoms with E-state index in [9.17, 15) is 18.0 Å². The molecule has 9 nitrogen and oxygen atoms in total. The number of rotatable bonds is 7. The number of amides is 1. The predicted octanol–water partition coefficient (Wildman–Crippen LogP) is 1.75. The van der Waals surface area contributed by atoms with Gasteiger partial charge in [0.05, 0.1) is 18.0 Å². The van der Waals surface area contributed by atoms with Crippen LogP contribution >= 0.6 is 11.6 Å². The average Bonchev–Trinajstić information content (AvgIpc) is 2.79. The summed E-state index contributed by atoms with van der Waals surface area (Å²) in [6.07, 6.45) is 0. The van der Waals surface area contributed by atoms with Gasteiger partial charge in [-0.2, -0.15) is 4.31 Å². The zero-order valence-corrected chi connectivity index (χ0v) is 19.0. The first-order chi connectivity index (χ1) is 15.3. The first-order valence-corrected chi connectivity index (χ1v) is 11.8. The van der Waals surface area contributed by atoms with Crippen molar-refractivity contribution in [1.82, 2.24) is 14.7 Å². The molecule has 1 aliphatic heterocycles. The molecule has 3 rings (SSSR count). The number of ether oxygens (including phenoxy) is 1. The molecule has 0 spiro atoms. The standard InChI is InChI=1S/C21H24ClN3O6S/c1-2-31-20(26)14-24-11-12-25(19(13-24)21(27)23-28)32(29,30)18-9-5-16(6-10-18)15-3-7-17(22)8-4-15/h3-10,19,28H,2,11-14H2,1H3,(H,23,27)/t19-/m1/s1. The van der Waals surface area contributed by atoms with Gasteiger partial charge in [0.2, 0.25) is 10.0 Å². The average molecular weight is 482 g/mol. The molecule has 0 aliphatic carbocycles. The fourth-order valence-electron chi connectivity index (χ4n) is 3.53. The van der Waals surface area contributed by atoms with Crippen LogP contribution in [-0.2, 0) is 24.3 Å². The number of nitrogens with zero attached hydrogens (tertiary/aromatic N) is 2. The quantitative estimate of drug-likeness (QED) is 0.351. The molecule has 1 amide bonds. The summed E-state index contributed by atoms with van der Waals surface area (Å²) in [5.41, 5.74) is 3.21. The van der Waals surface area contributed by atoms with Crippen molar-refractivity contribution in [2.24, 2.45) is 0 Å². The van der Waals surface area contributed by atoms with Crippen LogP contribution in [0.4, 0.5) is 0 Å². The second-order valence-electron chi connectivity index (χ2n) is 7.18. The summed E-state index contributed by atoms with van der Waals surface area (Å²) >= 11 is 5.91. The Bertz CT molecular complexity index is 1060. The monoisotopic (exact) mass is 481 g/mol. The predicted molar refractivity (Wildman–Crippen MR) is 118 cm³/mol. The first-order valence-electron chi connectivity index (χ1n) is 9.96. The molecule has 0 radical (unpaired) electrons.